The van der Waals surface area contributed by atoms with Gasteiger partial charge in [0, 0.05) is 6.04 Å². The second-order valence-electron chi connectivity index (χ2n) is 8.50. The van der Waals surface area contributed by atoms with Gasteiger partial charge in [0.2, 0.25) is 5.91 Å². The third kappa shape index (κ3) is 2.98. The predicted octanol–water partition coefficient (Wildman–Crippen LogP) is 1.96. The van der Waals surface area contributed by atoms with E-state index in [9.17, 15) is 15.2 Å². The quantitative estimate of drug-likeness (QED) is 0.757. The van der Waals surface area contributed by atoms with E-state index in [4.69, 9.17) is 5.73 Å². The van der Waals surface area contributed by atoms with Crippen molar-refractivity contribution in [1.82, 2.24) is 4.90 Å². The van der Waals surface area contributed by atoms with Gasteiger partial charge >= 0.3 is 0 Å². The van der Waals surface area contributed by atoms with E-state index in [1.54, 1.807) is 4.90 Å². The SMILES string of the molecule is C=C1CC2CC(C(N)C(=O)N3C(C#N)C[C@H](C)C3C)CC(O)(C1)C2. The molecule has 2 aliphatic carbocycles. The summed E-state index contributed by atoms with van der Waals surface area (Å²) in [6.07, 6.45) is 4.48. The molecule has 24 heavy (non-hydrogen) atoms. The molecule has 5 heteroatoms. The molecule has 6 unspecified atom stereocenters. The largest absolute Gasteiger partial charge is 0.390 e. The molecule has 1 aliphatic heterocycles. The summed E-state index contributed by atoms with van der Waals surface area (Å²) < 4.78 is 0. The maximum atomic E-state index is 13.0. The fraction of sp³-hybridized carbons (Fsp3) is 0.789. The number of carbonyl (C=O) groups excluding carboxylic acids is 1. The lowest BCUT2D eigenvalue weighted by Crippen LogP contribution is -2.55. The first-order valence-corrected chi connectivity index (χ1v) is 9.10. The summed E-state index contributed by atoms with van der Waals surface area (Å²) in [4.78, 5) is 14.7. The van der Waals surface area contributed by atoms with Gasteiger partial charge in [-0.15, -0.1) is 0 Å². The molecule has 3 aliphatic rings. The Morgan fingerprint density at radius 3 is 2.79 bits per heavy atom. The molecule has 5 nitrogen and oxygen atoms in total. The van der Waals surface area contributed by atoms with Crippen LogP contribution in [0.15, 0.2) is 12.2 Å². The topological polar surface area (TPSA) is 90.4 Å². The number of fused-ring (bicyclic) bond motifs is 2. The Kier molecular flexibility index (Phi) is 4.48. The summed E-state index contributed by atoms with van der Waals surface area (Å²) in [5.74, 6) is 0.544. The second-order valence-corrected chi connectivity index (χ2v) is 8.50. The molecule has 2 saturated carbocycles. The van der Waals surface area contributed by atoms with Gasteiger partial charge < -0.3 is 15.7 Å². The Bertz CT molecular complexity index is 584. The van der Waals surface area contributed by atoms with Crippen molar-refractivity contribution in [2.75, 3.05) is 0 Å². The highest BCUT2D eigenvalue weighted by atomic mass is 16.3. The Morgan fingerprint density at radius 1 is 1.46 bits per heavy atom. The number of nitriles is 1. The van der Waals surface area contributed by atoms with Gasteiger partial charge in [-0.2, -0.15) is 5.26 Å². The van der Waals surface area contributed by atoms with Crippen molar-refractivity contribution in [3.8, 4) is 6.07 Å². The molecule has 0 radical (unpaired) electrons. The zero-order chi connectivity index (χ0) is 17.6. The monoisotopic (exact) mass is 331 g/mol. The standard InChI is InChI=1S/C19H29N3O2/c1-11-4-14-6-15(9-19(24,7-11)8-14)17(21)18(23)22-13(3)12(2)5-16(22)10-20/h12-17,24H,1,4-9,21H2,2-3H3/t12-,13?,14?,15?,16?,17?,19?/m0/s1. The lowest BCUT2D eigenvalue weighted by molar-refractivity contribution is -0.138. The third-order valence-corrected chi connectivity index (χ3v) is 6.49. The van der Waals surface area contributed by atoms with E-state index >= 15 is 0 Å². The average molecular weight is 331 g/mol. The van der Waals surface area contributed by atoms with Gasteiger partial charge in [-0.05, 0) is 63.2 Å². The van der Waals surface area contributed by atoms with E-state index in [1.807, 2.05) is 6.92 Å². The summed E-state index contributed by atoms with van der Waals surface area (Å²) in [5.41, 5.74) is 6.72. The lowest BCUT2D eigenvalue weighted by Gasteiger charge is -2.47. The number of nitrogens with two attached hydrogens (primary N) is 1. The van der Waals surface area contributed by atoms with Crippen LogP contribution in [0.2, 0.25) is 0 Å². The van der Waals surface area contributed by atoms with Crippen LogP contribution in [0.25, 0.3) is 0 Å². The van der Waals surface area contributed by atoms with Crippen LogP contribution in [0, 0.1) is 29.1 Å². The Hall–Kier alpha value is -1.38. The molecule has 0 aromatic rings. The van der Waals surface area contributed by atoms with Crippen molar-refractivity contribution in [2.24, 2.45) is 23.5 Å². The Labute approximate surface area is 144 Å². The molecule has 0 aromatic heterocycles. The number of nitrogens with zero attached hydrogens (tertiary/aromatic N) is 2. The normalized spacial score (nSPS) is 43.4. The average Bonchev–Trinajstić information content (AvgIpc) is 2.78. The highest BCUT2D eigenvalue weighted by Crippen LogP contribution is 2.47. The molecule has 7 atom stereocenters. The summed E-state index contributed by atoms with van der Waals surface area (Å²) in [6, 6.07) is 1.29. The van der Waals surface area contributed by atoms with Gasteiger partial charge in [0.05, 0.1) is 17.7 Å². The molecular weight excluding hydrogens is 302 g/mol. The van der Waals surface area contributed by atoms with Crippen molar-refractivity contribution in [1.29, 1.82) is 5.26 Å². The summed E-state index contributed by atoms with van der Waals surface area (Å²) in [7, 11) is 0. The fourth-order valence-corrected chi connectivity index (χ4v) is 5.29. The molecule has 3 fully saturated rings. The predicted molar refractivity (Wildman–Crippen MR) is 91.6 cm³/mol. The molecule has 0 spiro atoms. The first kappa shape index (κ1) is 17.4. The zero-order valence-electron chi connectivity index (χ0n) is 14.7. The van der Waals surface area contributed by atoms with Crippen LogP contribution in [0.5, 0.6) is 0 Å². The number of hydrogen-bond acceptors (Lipinski definition) is 4. The maximum absolute atomic E-state index is 13.0. The Morgan fingerprint density at radius 2 is 2.17 bits per heavy atom. The molecule has 1 heterocycles. The van der Waals surface area contributed by atoms with Gasteiger partial charge in [0.1, 0.15) is 6.04 Å². The highest BCUT2D eigenvalue weighted by Gasteiger charge is 2.48. The summed E-state index contributed by atoms with van der Waals surface area (Å²) in [5, 5.41) is 20.2. The van der Waals surface area contributed by atoms with Gasteiger partial charge in [-0.25, -0.2) is 0 Å². The number of amides is 1. The molecular formula is C19H29N3O2. The van der Waals surface area contributed by atoms with Gasteiger partial charge in [0.25, 0.3) is 0 Å². The van der Waals surface area contributed by atoms with E-state index in [0.717, 1.165) is 24.8 Å². The van der Waals surface area contributed by atoms with Crippen LogP contribution in [0.3, 0.4) is 0 Å². The van der Waals surface area contributed by atoms with Crippen LogP contribution in [-0.2, 0) is 4.79 Å². The fourth-order valence-electron chi connectivity index (χ4n) is 5.29. The van der Waals surface area contributed by atoms with Gasteiger partial charge in [-0.1, -0.05) is 19.1 Å². The van der Waals surface area contributed by atoms with Gasteiger partial charge in [0.15, 0.2) is 0 Å². The van der Waals surface area contributed by atoms with Crippen LogP contribution >= 0.6 is 0 Å². The molecule has 1 amide bonds. The number of likely N-dealkylation sites (tertiary alicyclic amines) is 1. The number of rotatable bonds is 2. The van der Waals surface area contributed by atoms with Gasteiger partial charge in [-0.3, -0.25) is 4.79 Å². The van der Waals surface area contributed by atoms with Crippen LogP contribution in [0.1, 0.15) is 52.4 Å². The zero-order valence-corrected chi connectivity index (χ0v) is 14.7. The second kappa shape index (κ2) is 6.16. The van der Waals surface area contributed by atoms with Crippen molar-refractivity contribution >= 4 is 5.91 Å². The van der Waals surface area contributed by atoms with Crippen molar-refractivity contribution in [2.45, 2.75) is 76.1 Å². The van der Waals surface area contributed by atoms with Crippen molar-refractivity contribution in [3.63, 3.8) is 0 Å². The smallest absolute Gasteiger partial charge is 0.241 e. The van der Waals surface area contributed by atoms with Crippen LogP contribution in [-0.4, -0.2) is 39.6 Å². The highest BCUT2D eigenvalue weighted by molar-refractivity contribution is 5.83. The first-order chi connectivity index (χ1) is 11.2. The molecule has 132 valence electrons. The number of aliphatic hydroxyl groups is 1. The number of carbonyl (C=O) groups is 1. The minimum absolute atomic E-state index is 0.0169. The summed E-state index contributed by atoms with van der Waals surface area (Å²) >= 11 is 0. The lowest BCUT2D eigenvalue weighted by atomic mass is 9.62. The molecule has 2 bridgehead atoms. The Balaban J connectivity index is 1.75. The maximum Gasteiger partial charge on any atom is 0.241 e. The van der Waals surface area contributed by atoms with Crippen molar-refractivity contribution < 1.29 is 9.90 Å². The summed E-state index contributed by atoms with van der Waals surface area (Å²) in [6.45, 7) is 8.12. The van der Waals surface area contributed by atoms with E-state index in [0.29, 0.717) is 31.1 Å². The van der Waals surface area contributed by atoms with E-state index in [1.165, 1.54) is 0 Å². The third-order valence-electron chi connectivity index (χ3n) is 6.49. The number of hydrogen-bond donors (Lipinski definition) is 2. The molecule has 3 rings (SSSR count). The minimum atomic E-state index is -0.751. The van der Waals surface area contributed by atoms with Crippen molar-refractivity contribution in [3.05, 3.63) is 12.2 Å². The molecule has 0 aromatic carbocycles. The van der Waals surface area contributed by atoms with E-state index in [2.05, 4.69) is 19.6 Å². The molecule has 3 N–H and O–H groups in total. The van der Waals surface area contributed by atoms with Crippen LogP contribution < -0.4 is 5.73 Å². The van der Waals surface area contributed by atoms with E-state index < -0.39 is 11.6 Å². The van der Waals surface area contributed by atoms with Crippen LogP contribution in [0.4, 0.5) is 0 Å². The van der Waals surface area contributed by atoms with E-state index in [-0.39, 0.29) is 23.9 Å². The minimum Gasteiger partial charge on any atom is -0.390 e. The first-order valence-electron chi connectivity index (χ1n) is 9.10. The molecule has 1 saturated heterocycles.